The summed E-state index contributed by atoms with van der Waals surface area (Å²) >= 11 is 0. The number of aliphatic hydroxyl groups is 1. The van der Waals surface area contributed by atoms with Gasteiger partial charge >= 0.3 is 11.9 Å². The van der Waals surface area contributed by atoms with Crippen LogP contribution in [0.2, 0.25) is 0 Å². The largest absolute Gasteiger partial charge is 0.465 e. The van der Waals surface area contributed by atoms with Crippen molar-refractivity contribution in [2.45, 2.75) is 213 Å². The summed E-state index contributed by atoms with van der Waals surface area (Å²) in [7, 11) is 0. The molecule has 0 amide bonds. The van der Waals surface area contributed by atoms with Crippen molar-refractivity contribution < 1.29 is 24.2 Å². The number of likely N-dealkylation sites (tertiary alicyclic amines) is 1. The number of aliphatic hydroxyl groups excluding tert-OH is 1. The molecule has 2 unspecified atom stereocenters. The predicted octanol–water partition coefficient (Wildman–Crippen LogP) is 12.0. The average molecular weight is 708 g/mol. The zero-order chi connectivity index (χ0) is 36.3. The molecule has 296 valence electrons. The molecule has 0 radical (unpaired) electrons. The number of hydrogen-bond donors (Lipinski definition) is 1. The summed E-state index contributed by atoms with van der Waals surface area (Å²) in [5.74, 6) is 0.319. The molecule has 0 bridgehead atoms. The van der Waals surface area contributed by atoms with Crippen molar-refractivity contribution in [2.24, 2.45) is 17.8 Å². The first-order valence-corrected chi connectivity index (χ1v) is 22.2. The van der Waals surface area contributed by atoms with Crippen molar-refractivity contribution in [3.05, 3.63) is 0 Å². The van der Waals surface area contributed by atoms with Crippen LogP contribution >= 0.6 is 0 Å². The van der Waals surface area contributed by atoms with Crippen molar-refractivity contribution in [3.63, 3.8) is 0 Å². The van der Waals surface area contributed by atoms with Gasteiger partial charge in [-0.15, -0.1) is 0 Å². The van der Waals surface area contributed by atoms with E-state index in [2.05, 4.69) is 25.7 Å². The molecule has 2 atom stereocenters. The lowest BCUT2D eigenvalue weighted by atomic mass is 9.85. The second kappa shape index (κ2) is 34.9. The normalized spacial score (nSPS) is 15.3. The van der Waals surface area contributed by atoms with E-state index in [0.29, 0.717) is 25.6 Å². The molecule has 1 N–H and O–H groups in total. The third kappa shape index (κ3) is 26.6. The second-order valence-corrected chi connectivity index (χ2v) is 15.8. The van der Waals surface area contributed by atoms with Gasteiger partial charge in [0.1, 0.15) is 0 Å². The van der Waals surface area contributed by atoms with Gasteiger partial charge in [-0.1, -0.05) is 162 Å². The molecule has 0 spiro atoms. The Morgan fingerprint density at radius 1 is 0.580 bits per heavy atom. The van der Waals surface area contributed by atoms with Crippen LogP contribution in [-0.2, 0) is 19.1 Å². The summed E-state index contributed by atoms with van der Waals surface area (Å²) in [6.45, 7) is 10.8. The highest BCUT2D eigenvalue weighted by Crippen LogP contribution is 2.28. The van der Waals surface area contributed by atoms with E-state index >= 15 is 0 Å². The topological polar surface area (TPSA) is 76.1 Å². The first-order chi connectivity index (χ1) is 24.5. The Balaban J connectivity index is 2.53. The van der Waals surface area contributed by atoms with Gasteiger partial charge in [-0.3, -0.25) is 9.59 Å². The van der Waals surface area contributed by atoms with Crippen LogP contribution in [0.4, 0.5) is 0 Å². The fourth-order valence-corrected chi connectivity index (χ4v) is 7.65. The second-order valence-electron chi connectivity index (χ2n) is 15.8. The van der Waals surface area contributed by atoms with E-state index < -0.39 is 0 Å². The van der Waals surface area contributed by atoms with E-state index in [0.717, 1.165) is 83.8 Å². The minimum atomic E-state index is -0.0947. The third-order valence-corrected chi connectivity index (χ3v) is 11.2. The zero-order valence-electron chi connectivity index (χ0n) is 33.7. The first kappa shape index (κ1) is 46.9. The Kier molecular flexibility index (Phi) is 32.7. The molecule has 6 nitrogen and oxygen atoms in total. The molecule has 0 saturated carbocycles. The molecule has 1 rings (SSSR count). The molecule has 1 aliphatic heterocycles. The van der Waals surface area contributed by atoms with Crippen molar-refractivity contribution >= 4 is 11.9 Å². The van der Waals surface area contributed by atoms with Crippen molar-refractivity contribution in [2.75, 3.05) is 39.5 Å². The molecule has 1 aliphatic rings. The van der Waals surface area contributed by atoms with E-state index in [1.165, 1.54) is 122 Å². The van der Waals surface area contributed by atoms with Crippen LogP contribution in [-0.4, -0.2) is 61.4 Å². The van der Waals surface area contributed by atoms with E-state index in [1.54, 1.807) is 0 Å². The van der Waals surface area contributed by atoms with Gasteiger partial charge in [0, 0.05) is 18.9 Å². The Morgan fingerprint density at radius 3 is 1.52 bits per heavy atom. The van der Waals surface area contributed by atoms with Crippen molar-refractivity contribution in [1.29, 1.82) is 0 Å². The van der Waals surface area contributed by atoms with Crippen LogP contribution in [0.5, 0.6) is 0 Å². The highest BCUT2D eigenvalue weighted by Gasteiger charge is 2.30. The van der Waals surface area contributed by atoms with E-state index in [9.17, 15) is 14.7 Å². The number of piperidine rings is 1. The van der Waals surface area contributed by atoms with Crippen LogP contribution in [0.1, 0.15) is 213 Å². The fraction of sp³-hybridized carbons (Fsp3) is 0.955. The maximum absolute atomic E-state index is 13.5. The number of carbonyl (C=O) groups is 2. The van der Waals surface area contributed by atoms with Crippen LogP contribution in [0.15, 0.2) is 0 Å². The number of rotatable bonds is 36. The Morgan fingerprint density at radius 2 is 1.02 bits per heavy atom. The molecule has 0 aromatic rings. The minimum Gasteiger partial charge on any atom is -0.465 e. The molecule has 1 fully saturated rings. The quantitative estimate of drug-likeness (QED) is 0.0516. The first-order valence-electron chi connectivity index (χ1n) is 22.2. The van der Waals surface area contributed by atoms with Crippen LogP contribution in [0, 0.1) is 17.8 Å². The average Bonchev–Trinajstić information content (AvgIpc) is 3.13. The number of unbranched alkanes of at least 4 members (excludes halogenated alkanes) is 21. The molecular formula is C44H85NO5. The van der Waals surface area contributed by atoms with Gasteiger partial charge in [-0.25, -0.2) is 0 Å². The number of carbonyl (C=O) groups excluding carboxylic acids is 2. The van der Waals surface area contributed by atoms with Crippen molar-refractivity contribution in [1.82, 2.24) is 4.90 Å². The fourth-order valence-electron chi connectivity index (χ4n) is 7.65. The number of nitrogens with zero attached hydrogens (tertiary/aromatic N) is 1. The molecule has 6 heteroatoms. The Bertz CT molecular complexity index is 753. The lowest BCUT2D eigenvalue weighted by Crippen LogP contribution is -2.39. The number of esters is 2. The Hall–Kier alpha value is -1.14. The smallest absolute Gasteiger partial charge is 0.308 e. The molecule has 1 heterocycles. The molecule has 0 aromatic heterocycles. The molecule has 50 heavy (non-hydrogen) atoms. The van der Waals surface area contributed by atoms with Gasteiger partial charge in [-0.05, 0) is 70.5 Å². The van der Waals surface area contributed by atoms with Crippen LogP contribution in [0.25, 0.3) is 0 Å². The van der Waals surface area contributed by atoms with E-state index in [1.807, 2.05) is 0 Å². The third-order valence-electron chi connectivity index (χ3n) is 11.2. The predicted molar refractivity (Wildman–Crippen MR) is 211 cm³/mol. The molecule has 1 saturated heterocycles. The Labute approximate surface area is 311 Å². The summed E-state index contributed by atoms with van der Waals surface area (Å²) in [6.07, 6.45) is 35.2. The highest BCUT2D eigenvalue weighted by molar-refractivity contribution is 5.72. The van der Waals surface area contributed by atoms with Gasteiger partial charge in [0.15, 0.2) is 0 Å². The molecular weight excluding hydrogens is 622 g/mol. The zero-order valence-corrected chi connectivity index (χ0v) is 33.7. The summed E-state index contributed by atoms with van der Waals surface area (Å²) in [5.41, 5.74) is 0. The van der Waals surface area contributed by atoms with Gasteiger partial charge in [0.05, 0.1) is 19.1 Å². The van der Waals surface area contributed by atoms with Crippen LogP contribution in [0.3, 0.4) is 0 Å². The van der Waals surface area contributed by atoms with Gasteiger partial charge in [-0.2, -0.15) is 0 Å². The van der Waals surface area contributed by atoms with E-state index in [-0.39, 0.29) is 30.4 Å². The SMILES string of the molecule is CCCCCCCCCCCCCCCC(=O)OCC(COC(=O)C(CCCCCC)CCCCCCCC)C1CCN(CCCCO)CC1. The maximum atomic E-state index is 13.5. The van der Waals surface area contributed by atoms with Gasteiger partial charge in [0.2, 0.25) is 0 Å². The summed E-state index contributed by atoms with van der Waals surface area (Å²) in [5, 5.41) is 9.17. The molecule has 0 aromatic carbocycles. The summed E-state index contributed by atoms with van der Waals surface area (Å²) in [4.78, 5) is 28.8. The van der Waals surface area contributed by atoms with Gasteiger partial charge in [0.25, 0.3) is 0 Å². The monoisotopic (exact) mass is 708 g/mol. The minimum absolute atomic E-state index is 0.00912. The number of hydrogen-bond acceptors (Lipinski definition) is 6. The number of ether oxygens (including phenoxy) is 2. The highest BCUT2D eigenvalue weighted by atomic mass is 16.5. The summed E-state index contributed by atoms with van der Waals surface area (Å²) in [6, 6.07) is 0. The molecule has 0 aliphatic carbocycles. The lowest BCUT2D eigenvalue weighted by Gasteiger charge is -2.36. The summed E-state index contributed by atoms with van der Waals surface area (Å²) < 4.78 is 12.0. The van der Waals surface area contributed by atoms with Crippen molar-refractivity contribution in [3.8, 4) is 0 Å². The lowest BCUT2D eigenvalue weighted by molar-refractivity contribution is -0.154. The van der Waals surface area contributed by atoms with E-state index in [4.69, 9.17) is 9.47 Å². The standard InChI is InChI=1S/C44H85NO5/c1-4-7-10-13-15-16-17-18-19-20-21-23-26-31-43(47)49-38-42(40-32-35-45(36-33-40)34-27-28-37-46)39-50-44(48)41(29-24-12-9-6-3)30-25-22-14-11-8-5-2/h40-42,46H,4-39H2,1-3H3. The van der Waals surface area contributed by atoms with Crippen LogP contribution < -0.4 is 0 Å². The van der Waals surface area contributed by atoms with Gasteiger partial charge < -0.3 is 19.5 Å². The maximum Gasteiger partial charge on any atom is 0.308 e.